The zero-order chi connectivity index (χ0) is 10.1. The number of rotatable bonds is 1. The third-order valence-corrected chi connectivity index (χ3v) is 2.48. The van der Waals surface area contributed by atoms with E-state index >= 15 is 0 Å². The van der Waals surface area contributed by atoms with Crippen molar-refractivity contribution < 1.29 is 9.50 Å². The van der Waals surface area contributed by atoms with E-state index in [1.807, 2.05) is 4.90 Å². The first-order valence-electron chi connectivity index (χ1n) is 4.65. The number of benzene rings is 1. The van der Waals surface area contributed by atoms with Crippen LogP contribution in [0.3, 0.4) is 0 Å². The predicted molar refractivity (Wildman–Crippen MR) is 53.6 cm³/mol. The summed E-state index contributed by atoms with van der Waals surface area (Å²) < 4.78 is 13.4. The van der Waals surface area contributed by atoms with Gasteiger partial charge in [0.25, 0.3) is 0 Å². The number of aliphatic hydroxyl groups is 1. The molecule has 1 aliphatic rings. The summed E-state index contributed by atoms with van der Waals surface area (Å²) in [6.45, 7) is 1.20. The summed E-state index contributed by atoms with van der Waals surface area (Å²) in [6.07, 6.45) is 0.357. The van der Waals surface area contributed by atoms with E-state index < -0.39 is 0 Å². The lowest BCUT2D eigenvalue weighted by atomic mass is 10.2. The minimum atomic E-state index is -0.341. The number of β-amino-alcohol motifs (C(OH)–C–C–N with tert-alkyl or cyclic N) is 1. The molecule has 0 spiro atoms. The number of aliphatic hydroxyl groups excluding tert-OH is 1. The Hall–Kier alpha value is -1.29. The van der Waals surface area contributed by atoms with E-state index in [9.17, 15) is 9.50 Å². The van der Waals surface area contributed by atoms with Crippen molar-refractivity contribution in [3.8, 4) is 0 Å². The molecule has 4 heteroatoms. The Bertz CT molecular complexity index is 343. The van der Waals surface area contributed by atoms with Crippen LogP contribution < -0.4 is 10.6 Å². The molecule has 76 valence electrons. The first kappa shape index (κ1) is 9.27. The van der Waals surface area contributed by atoms with Crippen LogP contribution in [0.2, 0.25) is 0 Å². The van der Waals surface area contributed by atoms with E-state index in [1.165, 1.54) is 6.07 Å². The second-order valence-corrected chi connectivity index (χ2v) is 3.60. The maximum absolute atomic E-state index is 13.4. The van der Waals surface area contributed by atoms with Crippen molar-refractivity contribution in [1.29, 1.82) is 0 Å². The van der Waals surface area contributed by atoms with E-state index in [4.69, 9.17) is 5.73 Å². The molecule has 0 amide bonds. The van der Waals surface area contributed by atoms with Crippen LogP contribution >= 0.6 is 0 Å². The lowest BCUT2D eigenvalue weighted by Crippen LogP contribution is -2.22. The average molecular weight is 196 g/mol. The normalized spacial score (nSPS) is 21.6. The number of hydrogen-bond acceptors (Lipinski definition) is 3. The highest BCUT2D eigenvalue weighted by Gasteiger charge is 2.22. The van der Waals surface area contributed by atoms with Gasteiger partial charge in [0, 0.05) is 18.8 Å². The van der Waals surface area contributed by atoms with Crippen molar-refractivity contribution >= 4 is 11.4 Å². The predicted octanol–water partition coefficient (Wildman–Crippen LogP) is 0.979. The average Bonchev–Trinajstić information content (AvgIpc) is 2.51. The van der Waals surface area contributed by atoms with Gasteiger partial charge in [-0.25, -0.2) is 4.39 Å². The SMILES string of the molecule is Nc1ccc(N2CCC(O)C2)c(F)c1. The molecular formula is C10H13FN2O. The van der Waals surface area contributed by atoms with E-state index in [0.29, 0.717) is 30.9 Å². The smallest absolute Gasteiger partial charge is 0.148 e. The standard InChI is InChI=1S/C10H13FN2O/c11-9-5-7(12)1-2-10(9)13-4-3-8(14)6-13/h1-2,5,8,14H,3-4,6,12H2. The van der Waals surface area contributed by atoms with Crippen molar-refractivity contribution in [1.82, 2.24) is 0 Å². The number of nitrogens with two attached hydrogens (primary N) is 1. The van der Waals surface area contributed by atoms with Crippen LogP contribution in [0.5, 0.6) is 0 Å². The Morgan fingerprint density at radius 3 is 2.86 bits per heavy atom. The molecule has 0 bridgehead atoms. The molecule has 3 nitrogen and oxygen atoms in total. The Morgan fingerprint density at radius 2 is 2.29 bits per heavy atom. The zero-order valence-corrected chi connectivity index (χ0v) is 7.78. The molecule has 0 saturated carbocycles. The van der Waals surface area contributed by atoms with Crippen molar-refractivity contribution in [2.45, 2.75) is 12.5 Å². The summed E-state index contributed by atoms with van der Waals surface area (Å²) >= 11 is 0. The molecule has 1 unspecified atom stereocenters. The van der Waals surface area contributed by atoms with Gasteiger partial charge in [-0.3, -0.25) is 0 Å². The van der Waals surface area contributed by atoms with Crippen LogP contribution in [0.1, 0.15) is 6.42 Å². The number of nitrogen functional groups attached to an aromatic ring is 1. The third-order valence-electron chi connectivity index (χ3n) is 2.48. The van der Waals surface area contributed by atoms with Crippen molar-refractivity contribution in [3.63, 3.8) is 0 Å². The largest absolute Gasteiger partial charge is 0.399 e. The van der Waals surface area contributed by atoms with Gasteiger partial charge in [-0.2, -0.15) is 0 Å². The summed E-state index contributed by atoms with van der Waals surface area (Å²) in [5.41, 5.74) is 6.39. The molecule has 3 N–H and O–H groups in total. The maximum atomic E-state index is 13.4. The highest BCUT2D eigenvalue weighted by atomic mass is 19.1. The molecule has 1 aromatic carbocycles. The van der Waals surface area contributed by atoms with Gasteiger partial charge in [0.1, 0.15) is 5.82 Å². The van der Waals surface area contributed by atoms with Crippen LogP contribution in [0.4, 0.5) is 15.8 Å². The van der Waals surface area contributed by atoms with Crippen LogP contribution in [0.15, 0.2) is 18.2 Å². The van der Waals surface area contributed by atoms with E-state index in [0.717, 1.165) is 0 Å². The summed E-state index contributed by atoms with van der Waals surface area (Å²) in [6, 6.07) is 4.63. The third kappa shape index (κ3) is 1.65. The number of nitrogens with zero attached hydrogens (tertiary/aromatic N) is 1. The Morgan fingerprint density at radius 1 is 1.50 bits per heavy atom. The molecule has 14 heavy (non-hydrogen) atoms. The number of hydrogen-bond donors (Lipinski definition) is 2. The van der Waals surface area contributed by atoms with Gasteiger partial charge >= 0.3 is 0 Å². The molecule has 0 aromatic heterocycles. The fourth-order valence-electron chi connectivity index (χ4n) is 1.74. The Kier molecular flexibility index (Phi) is 2.29. The fourth-order valence-corrected chi connectivity index (χ4v) is 1.74. The van der Waals surface area contributed by atoms with Crippen LogP contribution in [-0.4, -0.2) is 24.3 Å². The van der Waals surface area contributed by atoms with Crippen LogP contribution in [-0.2, 0) is 0 Å². The molecule has 1 saturated heterocycles. The molecule has 1 heterocycles. The van der Waals surface area contributed by atoms with Gasteiger partial charge in [0.05, 0.1) is 11.8 Å². The zero-order valence-electron chi connectivity index (χ0n) is 7.78. The fraction of sp³-hybridized carbons (Fsp3) is 0.400. The molecule has 1 atom stereocenters. The number of anilines is 2. The van der Waals surface area contributed by atoms with Crippen LogP contribution in [0.25, 0.3) is 0 Å². The Labute approximate surface area is 81.9 Å². The molecule has 1 fully saturated rings. The van der Waals surface area contributed by atoms with Gasteiger partial charge in [0.15, 0.2) is 0 Å². The monoisotopic (exact) mass is 196 g/mol. The van der Waals surface area contributed by atoms with Gasteiger partial charge < -0.3 is 15.7 Å². The maximum Gasteiger partial charge on any atom is 0.148 e. The minimum absolute atomic E-state index is 0.320. The summed E-state index contributed by atoms with van der Waals surface area (Å²) in [5.74, 6) is -0.320. The van der Waals surface area contributed by atoms with Crippen molar-refractivity contribution in [2.24, 2.45) is 0 Å². The molecule has 1 aliphatic heterocycles. The number of halogens is 1. The molecule has 2 rings (SSSR count). The van der Waals surface area contributed by atoms with E-state index in [2.05, 4.69) is 0 Å². The molecule has 1 aromatic rings. The first-order chi connectivity index (χ1) is 6.66. The second-order valence-electron chi connectivity index (χ2n) is 3.60. The lowest BCUT2D eigenvalue weighted by Gasteiger charge is -2.18. The van der Waals surface area contributed by atoms with Gasteiger partial charge in [-0.1, -0.05) is 0 Å². The Balaban J connectivity index is 2.24. The van der Waals surface area contributed by atoms with Gasteiger partial charge in [0.2, 0.25) is 0 Å². The quantitative estimate of drug-likeness (QED) is 0.658. The first-order valence-corrected chi connectivity index (χ1v) is 4.65. The van der Waals surface area contributed by atoms with Crippen molar-refractivity contribution in [3.05, 3.63) is 24.0 Å². The summed E-state index contributed by atoms with van der Waals surface area (Å²) in [5, 5.41) is 9.32. The van der Waals surface area contributed by atoms with Gasteiger partial charge in [-0.05, 0) is 24.6 Å². The van der Waals surface area contributed by atoms with E-state index in [1.54, 1.807) is 12.1 Å². The highest BCUT2D eigenvalue weighted by molar-refractivity contribution is 5.55. The molecule has 0 aliphatic carbocycles. The topological polar surface area (TPSA) is 49.5 Å². The summed E-state index contributed by atoms with van der Waals surface area (Å²) in [7, 11) is 0. The lowest BCUT2D eigenvalue weighted by molar-refractivity contribution is 0.198. The minimum Gasteiger partial charge on any atom is -0.399 e. The van der Waals surface area contributed by atoms with Crippen LogP contribution in [0, 0.1) is 5.82 Å². The van der Waals surface area contributed by atoms with Gasteiger partial charge in [-0.15, -0.1) is 0 Å². The molecular weight excluding hydrogens is 183 g/mol. The summed E-state index contributed by atoms with van der Waals surface area (Å²) in [4.78, 5) is 1.83. The van der Waals surface area contributed by atoms with Crippen molar-refractivity contribution in [2.75, 3.05) is 23.7 Å². The molecule has 0 radical (unpaired) electrons. The second kappa shape index (κ2) is 3.46. The highest BCUT2D eigenvalue weighted by Crippen LogP contribution is 2.25. The van der Waals surface area contributed by atoms with E-state index in [-0.39, 0.29) is 11.9 Å².